The molecule has 1 aromatic carbocycles. The Morgan fingerprint density at radius 2 is 1.78 bits per heavy atom. The van der Waals surface area contributed by atoms with Crippen molar-refractivity contribution in [1.82, 2.24) is 9.80 Å². The van der Waals surface area contributed by atoms with E-state index in [9.17, 15) is 14.4 Å². The fraction of sp³-hybridized carbons (Fsp3) is 0.381. The summed E-state index contributed by atoms with van der Waals surface area (Å²) in [7, 11) is 0. The molecule has 1 atom stereocenters. The van der Waals surface area contributed by atoms with Gasteiger partial charge in [0.2, 0.25) is 11.8 Å². The van der Waals surface area contributed by atoms with E-state index in [2.05, 4.69) is 18.4 Å². The van der Waals surface area contributed by atoms with Crippen LogP contribution >= 0.6 is 11.3 Å². The van der Waals surface area contributed by atoms with Crippen LogP contribution in [0.15, 0.2) is 35.7 Å². The number of carbonyl (C=O) groups excluding carboxylic acids is 3. The van der Waals surface area contributed by atoms with E-state index >= 15 is 0 Å². The minimum atomic E-state index is -0.120. The van der Waals surface area contributed by atoms with Crippen molar-refractivity contribution in [3.8, 4) is 0 Å². The molecule has 4 rings (SSSR count). The average molecular weight is 382 g/mol. The number of thiophene rings is 1. The zero-order valence-electron chi connectivity index (χ0n) is 15.3. The van der Waals surface area contributed by atoms with Crippen LogP contribution in [0.2, 0.25) is 0 Å². The van der Waals surface area contributed by atoms with Crippen LogP contribution in [0.25, 0.3) is 0 Å². The summed E-state index contributed by atoms with van der Waals surface area (Å²) in [6.45, 7) is 3.14. The molecule has 3 amide bonds. The lowest BCUT2D eigenvalue weighted by Gasteiger charge is -2.35. The highest BCUT2D eigenvalue weighted by Crippen LogP contribution is 2.36. The van der Waals surface area contributed by atoms with Gasteiger partial charge in [-0.1, -0.05) is 19.1 Å². The predicted octanol–water partition coefficient (Wildman–Crippen LogP) is 3.55. The molecular formula is C21H22N2O3S. The molecule has 3 heterocycles. The molecule has 0 spiro atoms. The van der Waals surface area contributed by atoms with Gasteiger partial charge in [0.05, 0.1) is 12.6 Å². The summed E-state index contributed by atoms with van der Waals surface area (Å²) in [5, 5.41) is 2.11. The van der Waals surface area contributed by atoms with Crippen LogP contribution in [-0.4, -0.2) is 34.1 Å². The van der Waals surface area contributed by atoms with Crippen molar-refractivity contribution in [2.75, 3.05) is 6.54 Å². The highest BCUT2D eigenvalue weighted by atomic mass is 32.1. The first-order valence-electron chi connectivity index (χ1n) is 9.38. The lowest BCUT2D eigenvalue weighted by Crippen LogP contribution is -2.39. The Labute approximate surface area is 162 Å². The van der Waals surface area contributed by atoms with Gasteiger partial charge in [0, 0.05) is 29.8 Å². The van der Waals surface area contributed by atoms with Crippen LogP contribution in [0.1, 0.15) is 58.6 Å². The maximum atomic E-state index is 13.1. The Hall–Kier alpha value is -2.47. The van der Waals surface area contributed by atoms with Crippen LogP contribution in [0.4, 0.5) is 0 Å². The topological polar surface area (TPSA) is 57.7 Å². The van der Waals surface area contributed by atoms with Gasteiger partial charge in [-0.25, -0.2) is 0 Å². The van der Waals surface area contributed by atoms with Crippen LogP contribution in [0.3, 0.4) is 0 Å². The molecule has 2 aliphatic heterocycles. The number of benzene rings is 1. The van der Waals surface area contributed by atoms with Crippen molar-refractivity contribution in [3.63, 3.8) is 0 Å². The first-order chi connectivity index (χ1) is 13.1. The van der Waals surface area contributed by atoms with Crippen molar-refractivity contribution in [2.24, 2.45) is 0 Å². The molecule has 27 heavy (non-hydrogen) atoms. The molecule has 0 bridgehead atoms. The summed E-state index contributed by atoms with van der Waals surface area (Å²) in [4.78, 5) is 41.3. The summed E-state index contributed by atoms with van der Waals surface area (Å²) in [5.41, 5.74) is 2.79. The van der Waals surface area contributed by atoms with E-state index in [1.165, 1.54) is 15.3 Å². The van der Waals surface area contributed by atoms with Crippen molar-refractivity contribution in [3.05, 3.63) is 57.3 Å². The van der Waals surface area contributed by atoms with Gasteiger partial charge < -0.3 is 4.90 Å². The maximum absolute atomic E-state index is 13.1. The van der Waals surface area contributed by atoms with Gasteiger partial charge >= 0.3 is 0 Å². The second-order valence-corrected chi connectivity index (χ2v) is 8.04. The minimum Gasteiger partial charge on any atom is -0.331 e. The largest absolute Gasteiger partial charge is 0.331 e. The lowest BCUT2D eigenvalue weighted by atomic mass is 9.96. The number of nitrogens with zero attached hydrogens (tertiary/aromatic N) is 2. The average Bonchev–Trinajstić information content (AvgIpc) is 3.29. The van der Waals surface area contributed by atoms with Crippen molar-refractivity contribution < 1.29 is 14.4 Å². The standard InChI is InChI=1S/C21H22N2O3S/c1-2-17-16-10-12-27-18(16)9-11-22(17)21(26)15-5-3-14(4-6-15)13-23-19(24)7-8-20(23)25/h3-6,10,12,17H,2,7-9,11,13H2,1H3. The van der Waals surface area contributed by atoms with Crippen LogP contribution in [-0.2, 0) is 22.6 Å². The molecule has 6 heteroatoms. The van der Waals surface area contributed by atoms with E-state index in [0.717, 1.165) is 24.9 Å². The summed E-state index contributed by atoms with van der Waals surface area (Å²) >= 11 is 1.77. The van der Waals surface area contributed by atoms with E-state index in [0.29, 0.717) is 18.4 Å². The van der Waals surface area contributed by atoms with Crippen molar-refractivity contribution in [2.45, 2.75) is 45.2 Å². The number of likely N-dealkylation sites (tertiary alicyclic amines) is 1. The third-order valence-electron chi connectivity index (χ3n) is 5.44. The van der Waals surface area contributed by atoms with Gasteiger partial charge in [-0.05, 0) is 47.5 Å². The number of rotatable bonds is 4. The van der Waals surface area contributed by atoms with E-state index in [-0.39, 0.29) is 30.3 Å². The number of hydrogen-bond donors (Lipinski definition) is 0. The number of imide groups is 1. The number of hydrogen-bond acceptors (Lipinski definition) is 4. The molecule has 1 aromatic heterocycles. The fourth-order valence-electron chi connectivity index (χ4n) is 3.98. The van der Waals surface area contributed by atoms with Gasteiger partial charge in [0.15, 0.2) is 0 Å². The highest BCUT2D eigenvalue weighted by molar-refractivity contribution is 7.10. The molecule has 140 valence electrons. The predicted molar refractivity (Wildman–Crippen MR) is 103 cm³/mol. The molecule has 0 N–H and O–H groups in total. The first-order valence-corrected chi connectivity index (χ1v) is 10.3. The Kier molecular flexibility index (Phi) is 4.83. The molecule has 2 aliphatic rings. The first kappa shape index (κ1) is 17.9. The SMILES string of the molecule is CCC1c2ccsc2CCN1C(=O)c1ccc(CN2C(=O)CCC2=O)cc1. The molecular weight excluding hydrogens is 360 g/mol. The fourth-order valence-corrected chi connectivity index (χ4v) is 4.91. The lowest BCUT2D eigenvalue weighted by molar-refractivity contribution is -0.139. The van der Waals surface area contributed by atoms with Crippen LogP contribution in [0.5, 0.6) is 0 Å². The van der Waals surface area contributed by atoms with E-state index in [1.54, 1.807) is 23.5 Å². The molecule has 1 saturated heterocycles. The number of amides is 3. The van der Waals surface area contributed by atoms with Crippen LogP contribution < -0.4 is 0 Å². The molecule has 5 nitrogen and oxygen atoms in total. The van der Waals surface area contributed by atoms with E-state index < -0.39 is 0 Å². The van der Waals surface area contributed by atoms with Crippen molar-refractivity contribution >= 4 is 29.1 Å². The monoisotopic (exact) mass is 382 g/mol. The van der Waals surface area contributed by atoms with Gasteiger partial charge in [-0.3, -0.25) is 19.3 Å². The zero-order valence-corrected chi connectivity index (χ0v) is 16.1. The number of fused-ring (bicyclic) bond motifs is 1. The van der Waals surface area contributed by atoms with Gasteiger partial charge in [0.25, 0.3) is 5.91 Å². The summed E-state index contributed by atoms with van der Waals surface area (Å²) in [6.07, 6.45) is 2.40. The minimum absolute atomic E-state index is 0.0403. The molecule has 0 radical (unpaired) electrons. The quantitative estimate of drug-likeness (QED) is 0.760. The molecule has 0 saturated carbocycles. The van der Waals surface area contributed by atoms with E-state index in [4.69, 9.17) is 0 Å². The maximum Gasteiger partial charge on any atom is 0.254 e. The molecule has 1 fully saturated rings. The smallest absolute Gasteiger partial charge is 0.254 e. The summed E-state index contributed by atoms with van der Waals surface area (Å²) in [6, 6.07) is 9.56. The zero-order chi connectivity index (χ0) is 19.0. The Morgan fingerprint density at radius 3 is 2.44 bits per heavy atom. The third-order valence-corrected chi connectivity index (χ3v) is 6.44. The highest BCUT2D eigenvalue weighted by Gasteiger charge is 2.31. The van der Waals surface area contributed by atoms with Gasteiger partial charge in [-0.2, -0.15) is 0 Å². The van der Waals surface area contributed by atoms with E-state index in [1.807, 2.05) is 17.0 Å². The Bertz CT molecular complexity index is 871. The van der Waals surface area contributed by atoms with Gasteiger partial charge in [0.1, 0.15) is 0 Å². The molecule has 0 aliphatic carbocycles. The Balaban J connectivity index is 1.49. The summed E-state index contributed by atoms with van der Waals surface area (Å²) in [5.74, 6) is -0.199. The number of carbonyl (C=O) groups is 3. The second-order valence-electron chi connectivity index (χ2n) is 7.04. The Morgan fingerprint density at radius 1 is 1.07 bits per heavy atom. The molecule has 1 unspecified atom stereocenters. The van der Waals surface area contributed by atoms with Crippen LogP contribution in [0, 0.1) is 0 Å². The molecule has 2 aromatic rings. The van der Waals surface area contributed by atoms with Crippen molar-refractivity contribution in [1.29, 1.82) is 0 Å². The van der Waals surface area contributed by atoms with Gasteiger partial charge in [-0.15, -0.1) is 11.3 Å². The second kappa shape index (κ2) is 7.27. The third kappa shape index (κ3) is 3.30. The summed E-state index contributed by atoms with van der Waals surface area (Å²) < 4.78 is 0. The normalized spacial score (nSPS) is 19.5.